The number of nitrogens with one attached hydrogen (secondary N) is 1. The number of amides is 2. The van der Waals surface area contributed by atoms with E-state index in [1.807, 2.05) is 7.05 Å². The highest BCUT2D eigenvalue weighted by Gasteiger charge is 2.35. The number of nitrogens with zero attached hydrogens (tertiary/aromatic N) is 1. The van der Waals surface area contributed by atoms with Crippen molar-refractivity contribution in [2.24, 2.45) is 5.41 Å². The Morgan fingerprint density at radius 2 is 1.76 bits per heavy atom. The van der Waals surface area contributed by atoms with Gasteiger partial charge in [-0.15, -0.1) is 0 Å². The topological polar surface area (TPSA) is 69.6 Å². The molecule has 2 amide bonds. The van der Waals surface area contributed by atoms with Gasteiger partial charge < -0.3 is 15.3 Å². The van der Waals surface area contributed by atoms with Crippen LogP contribution in [-0.2, 0) is 4.79 Å². The Kier molecular flexibility index (Phi) is 6.99. The molecule has 1 rings (SSSR count). The zero-order valence-corrected chi connectivity index (χ0v) is 13.7. The van der Waals surface area contributed by atoms with Crippen molar-refractivity contribution in [1.82, 2.24) is 10.2 Å². The molecule has 0 aromatic rings. The molecule has 0 radical (unpaired) electrons. The summed E-state index contributed by atoms with van der Waals surface area (Å²) in [7, 11) is 1.82. The van der Waals surface area contributed by atoms with Crippen molar-refractivity contribution in [3.63, 3.8) is 0 Å². The number of rotatable bonds is 7. The number of carbonyl (C=O) groups is 2. The fourth-order valence-electron chi connectivity index (χ4n) is 3.43. The van der Waals surface area contributed by atoms with Crippen molar-refractivity contribution < 1.29 is 14.7 Å². The highest BCUT2D eigenvalue weighted by molar-refractivity contribution is 5.74. The molecule has 21 heavy (non-hydrogen) atoms. The smallest absolute Gasteiger partial charge is 0.317 e. The Balaban J connectivity index is 2.60. The van der Waals surface area contributed by atoms with Crippen LogP contribution in [0.5, 0.6) is 0 Å². The number of hydrogen-bond donors (Lipinski definition) is 2. The molecule has 0 heterocycles. The van der Waals surface area contributed by atoms with Crippen molar-refractivity contribution in [3.05, 3.63) is 0 Å². The van der Waals surface area contributed by atoms with E-state index in [1.54, 1.807) is 4.90 Å². The van der Waals surface area contributed by atoms with E-state index >= 15 is 0 Å². The predicted octanol–water partition coefficient (Wildman–Crippen LogP) is 3.24. The molecule has 5 heteroatoms. The number of carbonyl (C=O) groups excluding carboxylic acids is 1. The van der Waals surface area contributed by atoms with Crippen LogP contribution >= 0.6 is 0 Å². The zero-order chi connectivity index (χ0) is 15.9. The average Bonchev–Trinajstić information content (AvgIpc) is 2.46. The molecule has 5 nitrogen and oxygen atoms in total. The molecule has 0 bridgehead atoms. The first-order valence-corrected chi connectivity index (χ1v) is 8.16. The van der Waals surface area contributed by atoms with Gasteiger partial charge in [-0.2, -0.15) is 0 Å². The van der Waals surface area contributed by atoms with Gasteiger partial charge >= 0.3 is 12.0 Å². The van der Waals surface area contributed by atoms with E-state index in [4.69, 9.17) is 5.11 Å². The highest BCUT2D eigenvalue weighted by atomic mass is 16.4. The van der Waals surface area contributed by atoms with Gasteiger partial charge in [0.05, 0.1) is 6.42 Å². The normalized spacial score (nSPS) is 17.5. The lowest BCUT2D eigenvalue weighted by molar-refractivity contribution is -0.140. The number of aliphatic carboxylic acids is 1. The molecule has 1 fully saturated rings. The second kappa shape index (κ2) is 8.25. The lowest BCUT2D eigenvalue weighted by Gasteiger charge is -2.37. The van der Waals surface area contributed by atoms with Crippen LogP contribution in [0.1, 0.15) is 65.2 Å². The zero-order valence-electron chi connectivity index (χ0n) is 13.7. The van der Waals surface area contributed by atoms with Crippen LogP contribution in [0.4, 0.5) is 4.79 Å². The summed E-state index contributed by atoms with van der Waals surface area (Å²) in [6.45, 7) is 4.62. The summed E-state index contributed by atoms with van der Waals surface area (Å²) in [6, 6.07) is 0.158. The lowest BCUT2D eigenvalue weighted by Crippen LogP contribution is -2.47. The van der Waals surface area contributed by atoms with Gasteiger partial charge in [0, 0.05) is 19.6 Å². The molecule has 0 spiro atoms. The minimum absolute atomic E-state index is 0.0842. The summed E-state index contributed by atoms with van der Waals surface area (Å²) < 4.78 is 0. The van der Waals surface area contributed by atoms with Crippen LogP contribution in [-0.4, -0.2) is 41.6 Å². The van der Waals surface area contributed by atoms with E-state index < -0.39 is 5.97 Å². The average molecular weight is 298 g/mol. The lowest BCUT2D eigenvalue weighted by atomic mass is 9.72. The summed E-state index contributed by atoms with van der Waals surface area (Å²) in [4.78, 5) is 25.1. The molecule has 1 aliphatic rings. The van der Waals surface area contributed by atoms with E-state index in [1.165, 1.54) is 6.42 Å². The molecule has 0 atom stereocenters. The van der Waals surface area contributed by atoms with E-state index in [2.05, 4.69) is 19.2 Å². The van der Waals surface area contributed by atoms with Crippen molar-refractivity contribution in [3.8, 4) is 0 Å². The quantitative estimate of drug-likeness (QED) is 0.758. The van der Waals surface area contributed by atoms with Gasteiger partial charge in [0.2, 0.25) is 0 Å². The van der Waals surface area contributed by atoms with E-state index in [9.17, 15) is 9.59 Å². The monoisotopic (exact) mass is 298 g/mol. The molecule has 0 aliphatic heterocycles. The van der Waals surface area contributed by atoms with Gasteiger partial charge in [0.15, 0.2) is 0 Å². The summed E-state index contributed by atoms with van der Waals surface area (Å²) in [5.74, 6) is -0.764. The van der Waals surface area contributed by atoms with Crippen LogP contribution in [0, 0.1) is 5.41 Å². The van der Waals surface area contributed by atoms with Crippen LogP contribution in [0.15, 0.2) is 0 Å². The molecular weight excluding hydrogens is 268 g/mol. The molecule has 0 aromatic heterocycles. The van der Waals surface area contributed by atoms with Crippen molar-refractivity contribution in [2.45, 2.75) is 71.3 Å². The van der Waals surface area contributed by atoms with Crippen molar-refractivity contribution >= 4 is 12.0 Å². The molecule has 0 unspecified atom stereocenters. The summed E-state index contributed by atoms with van der Waals surface area (Å²) in [5, 5.41) is 12.1. The Morgan fingerprint density at radius 1 is 1.19 bits per heavy atom. The van der Waals surface area contributed by atoms with Gasteiger partial charge in [-0.05, 0) is 31.1 Å². The predicted molar refractivity (Wildman–Crippen MR) is 83.3 cm³/mol. The molecular formula is C16H30N2O3. The molecule has 1 aliphatic carbocycles. The van der Waals surface area contributed by atoms with E-state index in [0.29, 0.717) is 6.54 Å². The second-order valence-electron chi connectivity index (χ2n) is 6.37. The molecule has 0 saturated heterocycles. The first-order valence-electron chi connectivity index (χ1n) is 8.16. The van der Waals surface area contributed by atoms with Crippen LogP contribution in [0.25, 0.3) is 0 Å². The Labute approximate surface area is 128 Å². The molecule has 1 saturated carbocycles. The van der Waals surface area contributed by atoms with Crippen LogP contribution in [0.2, 0.25) is 0 Å². The fourth-order valence-corrected chi connectivity index (χ4v) is 3.43. The minimum atomic E-state index is -0.764. The maximum Gasteiger partial charge on any atom is 0.317 e. The fraction of sp³-hybridized carbons (Fsp3) is 0.875. The van der Waals surface area contributed by atoms with E-state index in [0.717, 1.165) is 38.5 Å². The minimum Gasteiger partial charge on any atom is -0.481 e. The largest absolute Gasteiger partial charge is 0.481 e. The van der Waals surface area contributed by atoms with Gasteiger partial charge in [-0.25, -0.2) is 4.79 Å². The standard InChI is InChI=1S/C16H30N2O3/c1-4-13(5-2)18(3)15(21)17-12-16(11-14(19)20)9-7-6-8-10-16/h13H,4-12H2,1-3H3,(H,17,21)(H,19,20). The van der Waals surface area contributed by atoms with Crippen molar-refractivity contribution in [1.29, 1.82) is 0 Å². The number of carboxylic acids is 1. The Morgan fingerprint density at radius 3 is 2.24 bits per heavy atom. The van der Waals surface area contributed by atoms with Gasteiger partial charge in [-0.3, -0.25) is 4.79 Å². The Bertz CT molecular complexity index is 347. The first kappa shape index (κ1) is 17.8. The van der Waals surface area contributed by atoms with Gasteiger partial charge in [0.1, 0.15) is 0 Å². The third-order valence-corrected chi connectivity index (χ3v) is 4.87. The Hall–Kier alpha value is -1.26. The van der Waals surface area contributed by atoms with Gasteiger partial charge in [-0.1, -0.05) is 33.1 Å². The highest BCUT2D eigenvalue weighted by Crippen LogP contribution is 2.38. The molecule has 0 aromatic carbocycles. The number of urea groups is 1. The molecule has 2 N–H and O–H groups in total. The summed E-state index contributed by atoms with van der Waals surface area (Å²) in [5.41, 5.74) is -0.255. The van der Waals surface area contributed by atoms with E-state index in [-0.39, 0.29) is 23.9 Å². The number of carboxylic acid groups (broad SMARTS) is 1. The van der Waals surface area contributed by atoms with Crippen LogP contribution < -0.4 is 5.32 Å². The van der Waals surface area contributed by atoms with Crippen LogP contribution in [0.3, 0.4) is 0 Å². The number of hydrogen-bond acceptors (Lipinski definition) is 2. The first-order chi connectivity index (χ1) is 9.94. The molecule has 122 valence electrons. The third-order valence-electron chi connectivity index (χ3n) is 4.87. The van der Waals surface area contributed by atoms with Crippen molar-refractivity contribution in [2.75, 3.05) is 13.6 Å². The maximum absolute atomic E-state index is 12.2. The summed E-state index contributed by atoms with van der Waals surface area (Å²) >= 11 is 0. The second-order valence-corrected chi connectivity index (χ2v) is 6.37. The summed E-state index contributed by atoms with van der Waals surface area (Å²) in [6.07, 6.45) is 7.10. The SMILES string of the molecule is CCC(CC)N(C)C(=O)NCC1(CC(=O)O)CCCCC1. The third kappa shape index (κ3) is 5.21. The van der Waals surface area contributed by atoms with Gasteiger partial charge in [0.25, 0.3) is 0 Å². The maximum atomic E-state index is 12.2.